The summed E-state index contributed by atoms with van der Waals surface area (Å²) in [5.74, 6) is 0.682. The van der Waals surface area contributed by atoms with E-state index in [9.17, 15) is 4.79 Å². The van der Waals surface area contributed by atoms with Crippen molar-refractivity contribution in [1.29, 1.82) is 0 Å². The molecule has 29 heavy (non-hydrogen) atoms. The van der Waals surface area contributed by atoms with Gasteiger partial charge in [0.15, 0.2) is 5.96 Å². The molecule has 0 unspecified atom stereocenters. The lowest BCUT2D eigenvalue weighted by molar-refractivity contribution is 0.0963. The average molecular weight is 393 g/mol. The largest absolute Gasteiger partial charge is 0.357 e. The first kappa shape index (κ1) is 20.4. The molecule has 3 aromatic rings. The summed E-state index contributed by atoms with van der Waals surface area (Å²) in [7, 11) is 1.64. The predicted octanol–water partition coefficient (Wildman–Crippen LogP) is 2.30. The second-order valence-electron chi connectivity index (χ2n) is 6.78. The average Bonchev–Trinajstić information content (AvgIpc) is 3.16. The Morgan fingerprint density at radius 3 is 2.76 bits per heavy atom. The van der Waals surface area contributed by atoms with E-state index < -0.39 is 0 Å². The second kappa shape index (κ2) is 9.73. The highest BCUT2D eigenvalue weighted by molar-refractivity contribution is 5.94. The highest BCUT2D eigenvalue weighted by Crippen LogP contribution is 2.09. The number of nitrogens with zero attached hydrogens (tertiary/aromatic N) is 3. The van der Waals surface area contributed by atoms with E-state index in [0.29, 0.717) is 18.7 Å². The quantitative estimate of drug-likeness (QED) is 0.426. The van der Waals surface area contributed by atoms with Gasteiger partial charge >= 0.3 is 0 Å². The molecule has 3 N–H and O–H groups in total. The van der Waals surface area contributed by atoms with Crippen LogP contribution < -0.4 is 16.0 Å². The third kappa shape index (κ3) is 5.34. The van der Waals surface area contributed by atoms with Crippen molar-refractivity contribution < 1.29 is 4.79 Å². The fourth-order valence-electron chi connectivity index (χ4n) is 3.11. The molecule has 1 aromatic carbocycles. The van der Waals surface area contributed by atoms with Crippen molar-refractivity contribution in [3.8, 4) is 0 Å². The van der Waals surface area contributed by atoms with Gasteiger partial charge in [-0.05, 0) is 50.1 Å². The molecule has 1 amide bonds. The lowest BCUT2D eigenvalue weighted by atomic mass is 10.1. The van der Waals surface area contributed by atoms with Gasteiger partial charge in [0.2, 0.25) is 0 Å². The van der Waals surface area contributed by atoms with Gasteiger partial charge in [-0.3, -0.25) is 4.79 Å². The van der Waals surface area contributed by atoms with Gasteiger partial charge in [0.1, 0.15) is 5.65 Å². The normalized spacial score (nSPS) is 11.5. The fraction of sp³-hybridized carbons (Fsp3) is 0.318. The van der Waals surface area contributed by atoms with Crippen molar-refractivity contribution >= 4 is 17.5 Å². The molecule has 7 heteroatoms. The monoisotopic (exact) mass is 392 g/mol. The van der Waals surface area contributed by atoms with Crippen molar-refractivity contribution in [2.24, 2.45) is 4.99 Å². The van der Waals surface area contributed by atoms with Crippen LogP contribution in [0.25, 0.3) is 5.65 Å². The van der Waals surface area contributed by atoms with Crippen LogP contribution in [0.5, 0.6) is 0 Å². The number of hydrogen-bond donors (Lipinski definition) is 3. The molecular weight excluding hydrogens is 364 g/mol. The zero-order valence-electron chi connectivity index (χ0n) is 17.2. The van der Waals surface area contributed by atoms with E-state index in [4.69, 9.17) is 0 Å². The molecule has 0 spiro atoms. The van der Waals surface area contributed by atoms with E-state index in [2.05, 4.69) is 43.3 Å². The predicted molar refractivity (Wildman–Crippen MR) is 116 cm³/mol. The van der Waals surface area contributed by atoms with Crippen LogP contribution in [0.15, 0.2) is 53.7 Å². The van der Waals surface area contributed by atoms with E-state index in [0.717, 1.165) is 41.5 Å². The number of aromatic nitrogens is 2. The minimum absolute atomic E-state index is 0.0719. The van der Waals surface area contributed by atoms with E-state index in [1.54, 1.807) is 7.05 Å². The van der Waals surface area contributed by atoms with Crippen LogP contribution in [-0.2, 0) is 13.0 Å². The molecule has 0 fully saturated rings. The number of carbonyl (C=O) groups is 1. The van der Waals surface area contributed by atoms with Gasteiger partial charge in [-0.2, -0.15) is 0 Å². The van der Waals surface area contributed by atoms with Gasteiger partial charge in [-0.1, -0.05) is 18.2 Å². The summed E-state index contributed by atoms with van der Waals surface area (Å²) in [6, 6.07) is 13.7. The van der Waals surface area contributed by atoms with Gasteiger partial charge in [-0.25, -0.2) is 9.98 Å². The number of hydrogen-bond acceptors (Lipinski definition) is 3. The molecule has 0 saturated carbocycles. The van der Waals surface area contributed by atoms with Gasteiger partial charge in [0.25, 0.3) is 5.91 Å². The first-order chi connectivity index (χ1) is 14.1. The Bertz CT molecular complexity index is 1010. The van der Waals surface area contributed by atoms with Gasteiger partial charge in [0, 0.05) is 37.6 Å². The molecule has 0 radical (unpaired) electrons. The van der Waals surface area contributed by atoms with Crippen molar-refractivity contribution in [2.75, 3.05) is 20.1 Å². The molecule has 0 saturated heterocycles. The van der Waals surface area contributed by atoms with Crippen LogP contribution >= 0.6 is 0 Å². The Labute approximate surface area is 171 Å². The minimum Gasteiger partial charge on any atom is -0.357 e. The molecule has 2 aromatic heterocycles. The molecule has 0 aliphatic rings. The van der Waals surface area contributed by atoms with E-state index >= 15 is 0 Å². The number of amides is 1. The molecule has 0 bridgehead atoms. The Kier molecular flexibility index (Phi) is 6.84. The molecule has 7 nitrogen and oxygen atoms in total. The standard InChI is InChI=1S/C22H28N6O/c1-4-24-22(25-12-11-17-8-6-9-18(13-17)21(29)23-3)26-14-19-15-28-16(2)7-5-10-20(28)27-19/h5-10,13,15H,4,11-12,14H2,1-3H3,(H,23,29)(H2,24,25,26). The highest BCUT2D eigenvalue weighted by atomic mass is 16.1. The highest BCUT2D eigenvalue weighted by Gasteiger charge is 2.05. The number of aryl methyl sites for hydroxylation is 1. The first-order valence-electron chi connectivity index (χ1n) is 9.87. The molecular formula is C22H28N6O. The number of carbonyl (C=O) groups excluding carboxylic acids is 1. The maximum atomic E-state index is 11.8. The SMILES string of the molecule is CCNC(=NCc1cn2c(C)cccc2n1)NCCc1cccc(C(=O)NC)c1. The number of pyridine rings is 1. The fourth-order valence-corrected chi connectivity index (χ4v) is 3.11. The van der Waals surface area contributed by atoms with Gasteiger partial charge < -0.3 is 20.4 Å². The number of aliphatic imine (C=N–C) groups is 1. The number of benzene rings is 1. The third-order valence-corrected chi connectivity index (χ3v) is 4.61. The third-order valence-electron chi connectivity index (χ3n) is 4.61. The van der Waals surface area contributed by atoms with Crippen molar-refractivity contribution in [2.45, 2.75) is 26.8 Å². The molecule has 0 aliphatic heterocycles. The summed E-state index contributed by atoms with van der Waals surface area (Å²) in [6.45, 7) is 6.10. The molecule has 0 aliphatic carbocycles. The maximum absolute atomic E-state index is 11.8. The zero-order valence-corrected chi connectivity index (χ0v) is 17.2. The van der Waals surface area contributed by atoms with Crippen LogP contribution in [0.3, 0.4) is 0 Å². The summed E-state index contributed by atoms with van der Waals surface area (Å²) >= 11 is 0. The zero-order chi connectivity index (χ0) is 20.6. The van der Waals surface area contributed by atoms with Crippen molar-refractivity contribution in [3.63, 3.8) is 0 Å². The summed E-state index contributed by atoms with van der Waals surface area (Å²) in [5.41, 5.74) is 4.78. The Balaban J connectivity index is 1.60. The number of fused-ring (bicyclic) bond motifs is 1. The van der Waals surface area contributed by atoms with Gasteiger partial charge in [-0.15, -0.1) is 0 Å². The molecule has 3 rings (SSSR count). The molecule has 2 heterocycles. The number of nitrogens with one attached hydrogen (secondary N) is 3. The van der Waals surface area contributed by atoms with E-state index in [1.165, 1.54) is 0 Å². The van der Waals surface area contributed by atoms with Gasteiger partial charge in [0.05, 0.1) is 12.2 Å². The van der Waals surface area contributed by atoms with Crippen molar-refractivity contribution in [1.82, 2.24) is 25.3 Å². The number of rotatable bonds is 7. The Morgan fingerprint density at radius 1 is 1.17 bits per heavy atom. The summed E-state index contributed by atoms with van der Waals surface area (Å²) in [4.78, 5) is 21.1. The Morgan fingerprint density at radius 2 is 2.00 bits per heavy atom. The Hall–Kier alpha value is -3.35. The van der Waals surface area contributed by atoms with Crippen LogP contribution in [-0.4, -0.2) is 41.4 Å². The lowest BCUT2D eigenvalue weighted by Crippen LogP contribution is -2.38. The smallest absolute Gasteiger partial charge is 0.251 e. The number of guanidine groups is 1. The molecule has 152 valence electrons. The van der Waals surface area contributed by atoms with Crippen LogP contribution in [0, 0.1) is 6.92 Å². The summed E-state index contributed by atoms with van der Waals surface area (Å²) < 4.78 is 2.07. The minimum atomic E-state index is -0.0719. The topological polar surface area (TPSA) is 82.8 Å². The second-order valence-corrected chi connectivity index (χ2v) is 6.78. The first-order valence-corrected chi connectivity index (χ1v) is 9.87. The van der Waals surface area contributed by atoms with Crippen LogP contribution in [0.2, 0.25) is 0 Å². The van der Waals surface area contributed by atoms with E-state index in [1.807, 2.05) is 49.5 Å². The van der Waals surface area contributed by atoms with Crippen LogP contribution in [0.1, 0.15) is 34.2 Å². The van der Waals surface area contributed by atoms with E-state index in [-0.39, 0.29) is 5.91 Å². The van der Waals surface area contributed by atoms with Crippen LogP contribution in [0.4, 0.5) is 0 Å². The lowest BCUT2D eigenvalue weighted by Gasteiger charge is -2.11. The maximum Gasteiger partial charge on any atom is 0.251 e. The number of imidazole rings is 1. The molecule has 0 atom stereocenters. The summed E-state index contributed by atoms with van der Waals surface area (Å²) in [6.07, 6.45) is 2.82. The van der Waals surface area contributed by atoms with Crippen molar-refractivity contribution in [3.05, 3.63) is 71.2 Å². The summed E-state index contributed by atoms with van der Waals surface area (Å²) in [5, 5.41) is 9.27.